The Balaban J connectivity index is 1.83. The lowest BCUT2D eigenvalue weighted by Crippen LogP contribution is -2.37. The molecule has 2 aromatic rings. The summed E-state index contributed by atoms with van der Waals surface area (Å²) in [5.74, 6) is -1.68. The van der Waals surface area contributed by atoms with Crippen molar-refractivity contribution in [2.45, 2.75) is 19.6 Å². The standard InChI is InChI=1S/C20H22N2O6S/c1-13-4-9-17(14(2)10-13)21-20(25)22-18(23)11-28-19(24)16-7-5-15(6-8-16)12-29(3,26)27/h4-10H,11-12H2,1-3H3,(H2,21,22,23,25). The highest BCUT2D eigenvalue weighted by atomic mass is 32.2. The van der Waals surface area contributed by atoms with Gasteiger partial charge in [-0.15, -0.1) is 0 Å². The zero-order chi connectivity index (χ0) is 21.6. The number of aryl methyl sites for hydroxylation is 2. The van der Waals surface area contributed by atoms with Crippen LogP contribution in [-0.4, -0.2) is 39.2 Å². The Labute approximate surface area is 169 Å². The van der Waals surface area contributed by atoms with Gasteiger partial charge in [0.2, 0.25) is 0 Å². The highest BCUT2D eigenvalue weighted by Crippen LogP contribution is 2.15. The molecule has 0 aliphatic carbocycles. The molecular formula is C20H22N2O6S. The molecule has 0 spiro atoms. The SMILES string of the molecule is Cc1ccc(NC(=O)NC(=O)COC(=O)c2ccc(CS(C)(=O)=O)cc2)c(C)c1. The van der Waals surface area contributed by atoms with Crippen LogP contribution in [0.1, 0.15) is 27.0 Å². The van der Waals surface area contributed by atoms with E-state index >= 15 is 0 Å². The van der Waals surface area contributed by atoms with Crippen LogP contribution in [0.2, 0.25) is 0 Å². The van der Waals surface area contributed by atoms with E-state index in [2.05, 4.69) is 10.6 Å². The van der Waals surface area contributed by atoms with Crippen LogP contribution in [0.4, 0.5) is 10.5 Å². The van der Waals surface area contributed by atoms with Crippen molar-refractivity contribution in [1.82, 2.24) is 5.32 Å². The third-order valence-electron chi connectivity index (χ3n) is 3.84. The number of ether oxygens (including phenoxy) is 1. The summed E-state index contributed by atoms with van der Waals surface area (Å²) in [4.78, 5) is 35.7. The molecule has 0 saturated heterocycles. The third-order valence-corrected chi connectivity index (χ3v) is 4.69. The number of nitrogens with one attached hydrogen (secondary N) is 2. The van der Waals surface area contributed by atoms with Crippen LogP contribution in [0.25, 0.3) is 0 Å². The largest absolute Gasteiger partial charge is 0.452 e. The maximum atomic E-state index is 12.0. The van der Waals surface area contributed by atoms with E-state index in [4.69, 9.17) is 4.74 Å². The summed E-state index contributed by atoms with van der Waals surface area (Å²) in [5.41, 5.74) is 3.14. The first-order chi connectivity index (χ1) is 13.5. The number of sulfone groups is 1. The molecule has 0 aliphatic rings. The Morgan fingerprint density at radius 2 is 1.66 bits per heavy atom. The van der Waals surface area contributed by atoms with Gasteiger partial charge in [-0.3, -0.25) is 10.1 Å². The Morgan fingerprint density at radius 1 is 1.00 bits per heavy atom. The van der Waals surface area contributed by atoms with Gasteiger partial charge in [-0.2, -0.15) is 0 Å². The van der Waals surface area contributed by atoms with Crippen LogP contribution >= 0.6 is 0 Å². The molecule has 2 aromatic carbocycles. The van der Waals surface area contributed by atoms with Crippen LogP contribution in [-0.2, 0) is 25.1 Å². The molecule has 0 aliphatic heterocycles. The third kappa shape index (κ3) is 7.38. The predicted octanol–water partition coefficient (Wildman–Crippen LogP) is 2.35. The number of anilines is 1. The lowest BCUT2D eigenvalue weighted by atomic mass is 10.1. The van der Waals surface area contributed by atoms with Crippen molar-refractivity contribution in [1.29, 1.82) is 0 Å². The van der Waals surface area contributed by atoms with Gasteiger partial charge in [-0.05, 0) is 43.2 Å². The monoisotopic (exact) mass is 418 g/mol. The fourth-order valence-electron chi connectivity index (χ4n) is 2.52. The Hall–Kier alpha value is -3.20. The first-order valence-corrected chi connectivity index (χ1v) is 10.7. The van der Waals surface area contributed by atoms with Crippen molar-refractivity contribution in [2.75, 3.05) is 18.2 Å². The zero-order valence-electron chi connectivity index (χ0n) is 16.3. The summed E-state index contributed by atoms with van der Waals surface area (Å²) < 4.78 is 27.4. The molecule has 0 unspecified atom stereocenters. The fourth-order valence-corrected chi connectivity index (χ4v) is 3.32. The number of esters is 1. The van der Waals surface area contributed by atoms with Gasteiger partial charge in [-0.1, -0.05) is 29.8 Å². The second-order valence-corrected chi connectivity index (χ2v) is 8.80. The number of imide groups is 1. The molecule has 3 amide bonds. The quantitative estimate of drug-likeness (QED) is 0.695. The minimum Gasteiger partial charge on any atom is -0.452 e. The molecule has 0 heterocycles. The average molecular weight is 418 g/mol. The van der Waals surface area contributed by atoms with E-state index in [9.17, 15) is 22.8 Å². The summed E-state index contributed by atoms with van der Waals surface area (Å²) in [6.45, 7) is 3.12. The van der Waals surface area contributed by atoms with Gasteiger partial charge < -0.3 is 10.1 Å². The fraction of sp³-hybridized carbons (Fsp3) is 0.250. The molecule has 0 aromatic heterocycles. The van der Waals surface area contributed by atoms with Gasteiger partial charge in [0.15, 0.2) is 16.4 Å². The van der Waals surface area contributed by atoms with E-state index in [1.807, 2.05) is 26.0 Å². The van der Waals surface area contributed by atoms with Crippen LogP contribution in [0.3, 0.4) is 0 Å². The Morgan fingerprint density at radius 3 is 2.24 bits per heavy atom. The van der Waals surface area contributed by atoms with E-state index in [1.54, 1.807) is 6.07 Å². The molecule has 2 N–H and O–H groups in total. The molecule has 2 rings (SSSR count). The van der Waals surface area contributed by atoms with E-state index in [0.717, 1.165) is 17.4 Å². The molecular weight excluding hydrogens is 396 g/mol. The van der Waals surface area contributed by atoms with E-state index in [-0.39, 0.29) is 11.3 Å². The van der Waals surface area contributed by atoms with Crippen molar-refractivity contribution < 1.29 is 27.5 Å². The molecule has 0 atom stereocenters. The van der Waals surface area contributed by atoms with Crippen molar-refractivity contribution in [3.63, 3.8) is 0 Å². The number of hydrogen-bond donors (Lipinski definition) is 2. The number of benzene rings is 2. The van der Waals surface area contributed by atoms with Gasteiger partial charge in [0.25, 0.3) is 5.91 Å². The summed E-state index contributed by atoms with van der Waals surface area (Å²) in [7, 11) is -3.18. The summed E-state index contributed by atoms with van der Waals surface area (Å²) in [6.07, 6.45) is 1.12. The number of urea groups is 1. The molecule has 0 radical (unpaired) electrons. The topological polar surface area (TPSA) is 119 Å². The molecule has 0 fully saturated rings. The molecule has 9 heteroatoms. The summed E-state index contributed by atoms with van der Waals surface area (Å²) in [6, 6.07) is 10.5. The Kier molecular flexibility index (Phi) is 7.11. The first kappa shape index (κ1) is 22.1. The van der Waals surface area contributed by atoms with E-state index in [0.29, 0.717) is 11.3 Å². The van der Waals surface area contributed by atoms with Crippen LogP contribution in [0.5, 0.6) is 0 Å². The van der Waals surface area contributed by atoms with Crippen molar-refractivity contribution in [2.24, 2.45) is 0 Å². The number of hydrogen-bond acceptors (Lipinski definition) is 6. The number of carbonyl (C=O) groups is 3. The molecule has 29 heavy (non-hydrogen) atoms. The van der Waals surface area contributed by atoms with Gasteiger partial charge in [0.1, 0.15) is 0 Å². The van der Waals surface area contributed by atoms with Gasteiger partial charge in [-0.25, -0.2) is 18.0 Å². The number of rotatable bonds is 6. The van der Waals surface area contributed by atoms with Crippen LogP contribution in [0.15, 0.2) is 42.5 Å². The molecule has 154 valence electrons. The lowest BCUT2D eigenvalue weighted by Gasteiger charge is -2.10. The normalized spacial score (nSPS) is 10.9. The Bertz CT molecular complexity index is 1030. The summed E-state index contributed by atoms with van der Waals surface area (Å²) >= 11 is 0. The van der Waals surface area contributed by atoms with Crippen molar-refractivity contribution in [3.8, 4) is 0 Å². The zero-order valence-corrected chi connectivity index (χ0v) is 17.1. The van der Waals surface area contributed by atoms with Crippen LogP contribution < -0.4 is 10.6 Å². The maximum Gasteiger partial charge on any atom is 0.338 e. The minimum absolute atomic E-state index is 0.139. The number of amides is 3. The van der Waals surface area contributed by atoms with E-state index in [1.165, 1.54) is 24.3 Å². The highest BCUT2D eigenvalue weighted by molar-refractivity contribution is 7.89. The minimum atomic E-state index is -3.18. The lowest BCUT2D eigenvalue weighted by molar-refractivity contribution is -0.123. The average Bonchev–Trinajstić information content (AvgIpc) is 2.61. The molecule has 0 saturated carbocycles. The molecule has 0 bridgehead atoms. The second kappa shape index (κ2) is 9.33. The van der Waals surface area contributed by atoms with Crippen molar-refractivity contribution >= 4 is 33.4 Å². The van der Waals surface area contributed by atoms with Gasteiger partial charge in [0, 0.05) is 11.9 Å². The van der Waals surface area contributed by atoms with Gasteiger partial charge >= 0.3 is 12.0 Å². The van der Waals surface area contributed by atoms with E-state index < -0.39 is 34.4 Å². The first-order valence-electron chi connectivity index (χ1n) is 8.65. The second-order valence-electron chi connectivity index (χ2n) is 6.66. The van der Waals surface area contributed by atoms with Gasteiger partial charge in [0.05, 0.1) is 11.3 Å². The number of carbonyl (C=O) groups excluding carboxylic acids is 3. The van der Waals surface area contributed by atoms with Crippen LogP contribution in [0, 0.1) is 13.8 Å². The smallest absolute Gasteiger partial charge is 0.338 e. The maximum absolute atomic E-state index is 12.0. The van der Waals surface area contributed by atoms with Crippen molar-refractivity contribution in [3.05, 3.63) is 64.7 Å². The molecule has 8 nitrogen and oxygen atoms in total. The summed E-state index contributed by atoms with van der Waals surface area (Å²) in [5, 5.41) is 4.63. The highest BCUT2D eigenvalue weighted by Gasteiger charge is 2.14. The predicted molar refractivity (Wildman–Crippen MR) is 108 cm³/mol.